The van der Waals surface area contributed by atoms with Crippen molar-refractivity contribution in [3.8, 4) is 0 Å². The molecule has 1 aromatic heterocycles. The van der Waals surface area contributed by atoms with Gasteiger partial charge in [-0.1, -0.05) is 26.2 Å². The van der Waals surface area contributed by atoms with Crippen molar-refractivity contribution in [1.29, 1.82) is 0 Å². The molecule has 0 aliphatic rings. The van der Waals surface area contributed by atoms with Crippen LogP contribution in [0.4, 0.5) is 0 Å². The van der Waals surface area contributed by atoms with E-state index in [0.29, 0.717) is 13.2 Å². The van der Waals surface area contributed by atoms with Crippen LogP contribution < -0.4 is 0 Å². The largest absolute Gasteiger partial charge is 0.461 e. The molecule has 20 heavy (non-hydrogen) atoms. The minimum Gasteiger partial charge on any atom is -0.461 e. The molecule has 0 spiro atoms. The molecule has 0 aliphatic heterocycles. The van der Waals surface area contributed by atoms with Crippen molar-refractivity contribution in [3.05, 3.63) is 18.0 Å². The van der Waals surface area contributed by atoms with Crippen LogP contribution in [-0.4, -0.2) is 25.6 Å². The Bertz CT molecular complexity index is 551. The molecule has 0 aromatic carbocycles. The van der Waals surface area contributed by atoms with Gasteiger partial charge in [0.2, 0.25) is 0 Å². The minimum atomic E-state index is -3.84. The van der Waals surface area contributed by atoms with Crippen LogP contribution in [0, 0.1) is 0 Å². The number of hydrogen-bond acceptors (Lipinski definition) is 4. The van der Waals surface area contributed by atoms with E-state index in [1.54, 1.807) is 0 Å². The van der Waals surface area contributed by atoms with Gasteiger partial charge >= 0.3 is 5.97 Å². The maximum atomic E-state index is 11.9. The lowest BCUT2D eigenvalue weighted by Gasteiger charge is -2.06. The predicted octanol–water partition coefficient (Wildman–Crippen LogP) is 3.17. The molecule has 0 radical (unpaired) electrons. The Kier molecular flexibility index (Phi) is 6.55. The lowest BCUT2D eigenvalue weighted by atomic mass is 10.2. The average molecular weight is 322 g/mol. The number of aromatic nitrogens is 1. The number of unbranched alkanes of at least 4 members (excludes halogenated alkanes) is 3. The highest BCUT2D eigenvalue weighted by Crippen LogP contribution is 2.19. The fourth-order valence-electron chi connectivity index (χ4n) is 1.82. The molecule has 0 aliphatic carbocycles. The van der Waals surface area contributed by atoms with Gasteiger partial charge in [0.05, 0.1) is 6.61 Å². The highest BCUT2D eigenvalue weighted by molar-refractivity contribution is 8.13. The van der Waals surface area contributed by atoms with Crippen molar-refractivity contribution >= 4 is 25.7 Å². The van der Waals surface area contributed by atoms with Crippen LogP contribution in [0.25, 0.3) is 0 Å². The molecule has 1 heterocycles. The number of esters is 1. The third kappa shape index (κ3) is 4.83. The minimum absolute atomic E-state index is 0.0843. The SMILES string of the molecule is CCCCCCOC(=O)c1cc(S(=O)(=O)Cl)cn1CC. The van der Waals surface area contributed by atoms with E-state index in [2.05, 4.69) is 6.92 Å². The van der Waals surface area contributed by atoms with Gasteiger partial charge < -0.3 is 9.30 Å². The fraction of sp³-hybridized carbons (Fsp3) is 0.615. The van der Waals surface area contributed by atoms with Crippen LogP contribution in [0.5, 0.6) is 0 Å². The number of aryl methyl sites for hydroxylation is 1. The average Bonchev–Trinajstić information content (AvgIpc) is 2.82. The Labute approximate surface area is 124 Å². The van der Waals surface area contributed by atoms with Crippen LogP contribution in [0.3, 0.4) is 0 Å². The van der Waals surface area contributed by atoms with Crippen LogP contribution in [0.2, 0.25) is 0 Å². The Morgan fingerprint density at radius 1 is 1.30 bits per heavy atom. The van der Waals surface area contributed by atoms with Gasteiger partial charge in [-0.05, 0) is 19.4 Å². The van der Waals surface area contributed by atoms with Gasteiger partial charge in [0, 0.05) is 23.4 Å². The van der Waals surface area contributed by atoms with E-state index in [9.17, 15) is 13.2 Å². The molecular formula is C13H20ClNO4S. The van der Waals surface area contributed by atoms with Gasteiger partial charge in [0.1, 0.15) is 10.6 Å². The van der Waals surface area contributed by atoms with Crippen LogP contribution in [0.1, 0.15) is 50.0 Å². The zero-order chi connectivity index (χ0) is 15.2. The third-order valence-electron chi connectivity index (χ3n) is 2.93. The fourth-order valence-corrected chi connectivity index (χ4v) is 2.58. The van der Waals surface area contributed by atoms with Crippen molar-refractivity contribution in [3.63, 3.8) is 0 Å². The second-order valence-electron chi connectivity index (χ2n) is 4.48. The van der Waals surface area contributed by atoms with Gasteiger partial charge in [0.15, 0.2) is 0 Å². The molecule has 0 saturated carbocycles. The summed E-state index contributed by atoms with van der Waals surface area (Å²) in [5, 5.41) is 0. The second kappa shape index (κ2) is 7.69. The number of halogens is 1. The van der Waals surface area contributed by atoms with Crippen LogP contribution in [0.15, 0.2) is 17.2 Å². The molecule has 0 bridgehead atoms. The molecular weight excluding hydrogens is 302 g/mol. The van der Waals surface area contributed by atoms with E-state index in [0.717, 1.165) is 25.7 Å². The summed E-state index contributed by atoms with van der Waals surface area (Å²) in [5.41, 5.74) is 0.210. The normalized spacial score (nSPS) is 11.6. The predicted molar refractivity (Wildman–Crippen MR) is 77.6 cm³/mol. The molecule has 0 saturated heterocycles. The van der Waals surface area contributed by atoms with E-state index in [1.165, 1.54) is 16.8 Å². The number of rotatable bonds is 8. The molecule has 5 nitrogen and oxygen atoms in total. The first kappa shape index (κ1) is 17.0. The molecule has 0 amide bonds. The van der Waals surface area contributed by atoms with E-state index in [1.807, 2.05) is 6.92 Å². The smallest absolute Gasteiger partial charge is 0.354 e. The maximum absolute atomic E-state index is 11.9. The maximum Gasteiger partial charge on any atom is 0.354 e. The number of hydrogen-bond donors (Lipinski definition) is 0. The number of carbonyl (C=O) groups is 1. The third-order valence-corrected chi connectivity index (χ3v) is 4.25. The van der Waals surface area contributed by atoms with Crippen molar-refractivity contribution in [2.75, 3.05) is 6.61 Å². The van der Waals surface area contributed by atoms with Crippen molar-refractivity contribution in [1.82, 2.24) is 4.57 Å². The summed E-state index contributed by atoms with van der Waals surface area (Å²) in [6.07, 6.45) is 5.39. The standard InChI is InChI=1S/C13H20ClNO4S/c1-3-5-6-7-8-19-13(16)12-9-11(20(14,17)18)10-15(12)4-2/h9-10H,3-8H2,1-2H3. The first-order valence-corrected chi connectivity index (χ1v) is 9.03. The summed E-state index contributed by atoms with van der Waals surface area (Å²) in [7, 11) is 1.44. The molecule has 0 N–H and O–H groups in total. The first-order chi connectivity index (χ1) is 9.40. The molecule has 1 rings (SSSR count). The van der Waals surface area contributed by atoms with E-state index < -0.39 is 15.0 Å². The Morgan fingerprint density at radius 2 is 2.00 bits per heavy atom. The number of carbonyl (C=O) groups excluding carboxylic acids is 1. The lowest BCUT2D eigenvalue weighted by Crippen LogP contribution is -2.11. The number of ether oxygens (including phenoxy) is 1. The van der Waals surface area contributed by atoms with Gasteiger partial charge in [-0.25, -0.2) is 13.2 Å². The van der Waals surface area contributed by atoms with Crippen molar-refractivity contribution in [2.45, 2.75) is 51.0 Å². The zero-order valence-electron chi connectivity index (χ0n) is 11.8. The van der Waals surface area contributed by atoms with Gasteiger partial charge in [-0.2, -0.15) is 0 Å². The summed E-state index contributed by atoms with van der Waals surface area (Å²) in [4.78, 5) is 11.8. The summed E-state index contributed by atoms with van der Waals surface area (Å²) in [6, 6.07) is 1.25. The highest BCUT2D eigenvalue weighted by atomic mass is 35.7. The first-order valence-electron chi connectivity index (χ1n) is 6.72. The quantitative estimate of drug-likeness (QED) is 0.419. The highest BCUT2D eigenvalue weighted by Gasteiger charge is 2.20. The number of nitrogens with zero attached hydrogens (tertiary/aromatic N) is 1. The Morgan fingerprint density at radius 3 is 2.55 bits per heavy atom. The monoisotopic (exact) mass is 321 g/mol. The summed E-state index contributed by atoms with van der Waals surface area (Å²) < 4.78 is 29.2. The van der Waals surface area contributed by atoms with Gasteiger partial charge in [-0.15, -0.1) is 0 Å². The van der Waals surface area contributed by atoms with E-state index in [4.69, 9.17) is 15.4 Å². The van der Waals surface area contributed by atoms with E-state index in [-0.39, 0.29) is 10.6 Å². The summed E-state index contributed by atoms with van der Waals surface area (Å²) in [6.45, 7) is 4.72. The lowest BCUT2D eigenvalue weighted by molar-refractivity contribution is 0.0485. The topological polar surface area (TPSA) is 65.4 Å². The molecule has 7 heteroatoms. The van der Waals surface area contributed by atoms with Crippen molar-refractivity contribution in [2.24, 2.45) is 0 Å². The molecule has 114 valence electrons. The van der Waals surface area contributed by atoms with Gasteiger partial charge in [0.25, 0.3) is 9.05 Å². The Hall–Kier alpha value is -1.01. The Balaban J connectivity index is 2.70. The summed E-state index contributed by atoms with van der Waals surface area (Å²) in [5.74, 6) is -0.519. The molecule has 1 aromatic rings. The molecule has 0 unspecified atom stereocenters. The van der Waals surface area contributed by atoms with Crippen molar-refractivity contribution < 1.29 is 17.9 Å². The molecule has 0 atom stereocenters. The van der Waals surface area contributed by atoms with Crippen LogP contribution >= 0.6 is 10.7 Å². The zero-order valence-corrected chi connectivity index (χ0v) is 13.3. The second-order valence-corrected chi connectivity index (χ2v) is 7.05. The molecule has 0 fully saturated rings. The summed E-state index contributed by atoms with van der Waals surface area (Å²) >= 11 is 0. The van der Waals surface area contributed by atoms with Gasteiger partial charge in [-0.3, -0.25) is 0 Å². The van der Waals surface area contributed by atoms with E-state index >= 15 is 0 Å². The van der Waals surface area contributed by atoms with Crippen LogP contribution in [-0.2, 0) is 20.3 Å².